The number of hydrogen-bond acceptors (Lipinski definition) is 3. The highest BCUT2D eigenvalue weighted by atomic mass is 16.3. The summed E-state index contributed by atoms with van der Waals surface area (Å²) in [5, 5.41) is 22.5. The summed E-state index contributed by atoms with van der Waals surface area (Å²) in [6.45, 7) is 0. The fourth-order valence-electron chi connectivity index (χ4n) is 3.66. The molecule has 0 spiro atoms. The van der Waals surface area contributed by atoms with Gasteiger partial charge in [0.05, 0.1) is 0 Å². The van der Waals surface area contributed by atoms with Gasteiger partial charge in [0.2, 0.25) is 5.91 Å². The maximum absolute atomic E-state index is 12.7. The van der Waals surface area contributed by atoms with E-state index in [4.69, 9.17) is 0 Å². The monoisotopic (exact) mass is 421 g/mol. The zero-order valence-corrected chi connectivity index (χ0v) is 17.3. The molecule has 158 valence electrons. The van der Waals surface area contributed by atoms with Gasteiger partial charge in [-0.15, -0.1) is 0 Å². The fourth-order valence-corrected chi connectivity index (χ4v) is 3.66. The Kier molecular flexibility index (Phi) is 6.33. The molecule has 0 atom stereocenters. The lowest BCUT2D eigenvalue weighted by atomic mass is 9.84. The summed E-state index contributed by atoms with van der Waals surface area (Å²) in [7, 11) is 0. The predicted molar refractivity (Wildman–Crippen MR) is 128 cm³/mol. The zero-order valence-electron chi connectivity index (χ0n) is 17.3. The van der Waals surface area contributed by atoms with Crippen LogP contribution in [-0.2, 0) is 4.79 Å². The summed E-state index contributed by atoms with van der Waals surface area (Å²) >= 11 is 0. The lowest BCUT2D eigenvalue weighted by Crippen LogP contribution is -2.12. The second-order valence-electron chi connectivity index (χ2n) is 7.44. The Morgan fingerprint density at radius 1 is 0.688 bits per heavy atom. The van der Waals surface area contributed by atoms with Crippen molar-refractivity contribution in [2.45, 2.75) is 5.92 Å². The molecule has 0 bridgehead atoms. The molecule has 0 unspecified atom stereocenters. The lowest BCUT2D eigenvalue weighted by molar-refractivity contribution is -0.111. The van der Waals surface area contributed by atoms with Crippen LogP contribution in [0.1, 0.15) is 28.2 Å². The number of rotatable bonds is 6. The third-order valence-electron chi connectivity index (χ3n) is 5.21. The SMILES string of the molecule is O=C(C=Cc1ccccc1)Nc1ccccc1C(c1ccc(O)cc1)c1ccc(O)cc1. The molecule has 3 N–H and O–H groups in total. The van der Waals surface area contributed by atoms with Crippen molar-refractivity contribution in [1.29, 1.82) is 0 Å². The normalized spacial score (nSPS) is 11.0. The summed E-state index contributed by atoms with van der Waals surface area (Å²) < 4.78 is 0. The summed E-state index contributed by atoms with van der Waals surface area (Å²) in [5.74, 6) is -0.0565. The van der Waals surface area contributed by atoms with Gasteiger partial charge in [0.25, 0.3) is 0 Å². The minimum Gasteiger partial charge on any atom is -0.508 e. The lowest BCUT2D eigenvalue weighted by Gasteiger charge is -2.22. The minimum atomic E-state index is -0.225. The van der Waals surface area contributed by atoms with Gasteiger partial charge in [0.15, 0.2) is 0 Å². The van der Waals surface area contributed by atoms with Crippen molar-refractivity contribution >= 4 is 17.7 Å². The van der Waals surface area contributed by atoms with E-state index in [0.717, 1.165) is 22.3 Å². The molecule has 4 aromatic carbocycles. The topological polar surface area (TPSA) is 69.6 Å². The second-order valence-corrected chi connectivity index (χ2v) is 7.44. The molecular weight excluding hydrogens is 398 g/mol. The largest absolute Gasteiger partial charge is 0.508 e. The summed E-state index contributed by atoms with van der Waals surface area (Å²) in [6, 6.07) is 31.3. The first-order valence-electron chi connectivity index (χ1n) is 10.3. The minimum absolute atomic E-state index is 0.186. The highest BCUT2D eigenvalue weighted by Gasteiger charge is 2.20. The standard InChI is InChI=1S/C28H23NO3/c30-23-15-11-21(12-16-23)28(22-13-17-24(31)18-14-22)25-8-4-5-9-26(25)29-27(32)19-10-20-6-2-1-3-7-20/h1-19,28,30-31H,(H,29,32). The molecule has 0 heterocycles. The van der Waals surface area contributed by atoms with Crippen LogP contribution in [0.4, 0.5) is 5.69 Å². The average molecular weight is 421 g/mol. The summed E-state index contributed by atoms with van der Waals surface area (Å²) in [5.41, 5.74) is 4.46. The first-order valence-corrected chi connectivity index (χ1v) is 10.3. The van der Waals surface area contributed by atoms with Crippen LogP contribution >= 0.6 is 0 Å². The molecule has 0 aliphatic heterocycles. The maximum Gasteiger partial charge on any atom is 0.248 e. The second kappa shape index (κ2) is 9.67. The van der Waals surface area contributed by atoms with E-state index < -0.39 is 0 Å². The number of phenols is 2. The average Bonchev–Trinajstić information content (AvgIpc) is 2.82. The van der Waals surface area contributed by atoms with Gasteiger partial charge in [-0.2, -0.15) is 0 Å². The molecule has 4 rings (SSSR count). The van der Waals surface area contributed by atoms with E-state index in [1.165, 1.54) is 6.08 Å². The van der Waals surface area contributed by atoms with Gasteiger partial charge in [-0.05, 0) is 58.7 Å². The first kappa shape index (κ1) is 20.9. The van der Waals surface area contributed by atoms with Gasteiger partial charge in [0.1, 0.15) is 11.5 Å². The molecule has 4 aromatic rings. The van der Waals surface area contributed by atoms with Gasteiger partial charge in [-0.3, -0.25) is 4.79 Å². The number of carbonyl (C=O) groups excluding carboxylic acids is 1. The molecule has 0 fully saturated rings. The molecule has 0 radical (unpaired) electrons. The number of carbonyl (C=O) groups is 1. The van der Waals surface area contributed by atoms with Gasteiger partial charge < -0.3 is 15.5 Å². The number of phenolic OH excluding ortho intramolecular Hbond substituents is 2. The Hall–Kier alpha value is -4.31. The number of anilines is 1. The number of nitrogens with one attached hydrogen (secondary N) is 1. The molecule has 4 nitrogen and oxygen atoms in total. The van der Waals surface area contributed by atoms with Gasteiger partial charge >= 0.3 is 0 Å². The van der Waals surface area contributed by atoms with Crippen LogP contribution in [0.2, 0.25) is 0 Å². The van der Waals surface area contributed by atoms with Crippen LogP contribution in [0, 0.1) is 0 Å². The van der Waals surface area contributed by atoms with Crippen molar-refractivity contribution in [1.82, 2.24) is 0 Å². The first-order chi connectivity index (χ1) is 15.6. The van der Waals surface area contributed by atoms with Crippen LogP contribution in [0.25, 0.3) is 6.08 Å². The van der Waals surface area contributed by atoms with Crippen LogP contribution < -0.4 is 5.32 Å². The van der Waals surface area contributed by atoms with Gasteiger partial charge in [-0.1, -0.05) is 72.8 Å². The molecule has 32 heavy (non-hydrogen) atoms. The van der Waals surface area contributed by atoms with E-state index in [1.54, 1.807) is 30.3 Å². The van der Waals surface area contributed by atoms with E-state index in [2.05, 4.69) is 5.32 Å². The Morgan fingerprint density at radius 3 is 1.81 bits per heavy atom. The zero-order chi connectivity index (χ0) is 22.3. The van der Waals surface area contributed by atoms with Crippen LogP contribution in [0.15, 0.2) is 109 Å². The smallest absolute Gasteiger partial charge is 0.248 e. The highest BCUT2D eigenvalue weighted by Crippen LogP contribution is 2.37. The molecule has 1 amide bonds. The maximum atomic E-state index is 12.7. The van der Waals surface area contributed by atoms with Gasteiger partial charge in [0, 0.05) is 17.7 Å². The number of benzene rings is 4. The van der Waals surface area contributed by atoms with Crippen molar-refractivity contribution in [2.75, 3.05) is 5.32 Å². The van der Waals surface area contributed by atoms with Crippen LogP contribution in [0.5, 0.6) is 11.5 Å². The van der Waals surface area contributed by atoms with Crippen molar-refractivity contribution in [3.63, 3.8) is 0 Å². The Morgan fingerprint density at radius 2 is 1.22 bits per heavy atom. The molecule has 4 heteroatoms. The summed E-state index contributed by atoms with van der Waals surface area (Å²) in [6.07, 6.45) is 3.29. The van der Waals surface area contributed by atoms with E-state index in [-0.39, 0.29) is 23.3 Å². The van der Waals surface area contributed by atoms with Crippen molar-refractivity contribution < 1.29 is 15.0 Å². The Balaban J connectivity index is 1.69. The molecule has 0 saturated heterocycles. The number of amides is 1. The molecule has 0 saturated carbocycles. The Labute approximate surface area is 187 Å². The number of hydrogen-bond donors (Lipinski definition) is 3. The number of aromatic hydroxyl groups is 2. The highest BCUT2D eigenvalue weighted by molar-refractivity contribution is 6.02. The molecule has 0 aromatic heterocycles. The third kappa shape index (κ3) is 5.05. The van der Waals surface area contributed by atoms with E-state index in [0.29, 0.717) is 5.69 Å². The Bertz CT molecular complexity index is 1170. The molecule has 0 aliphatic rings. The van der Waals surface area contributed by atoms with Crippen molar-refractivity contribution in [3.8, 4) is 11.5 Å². The summed E-state index contributed by atoms with van der Waals surface area (Å²) in [4.78, 5) is 12.7. The van der Waals surface area contributed by atoms with E-state index >= 15 is 0 Å². The van der Waals surface area contributed by atoms with Crippen molar-refractivity contribution in [2.24, 2.45) is 0 Å². The predicted octanol–water partition coefficient (Wildman–Crippen LogP) is 5.93. The molecular formula is C28H23NO3. The fraction of sp³-hybridized carbons (Fsp3) is 0.0357. The van der Waals surface area contributed by atoms with Crippen LogP contribution in [-0.4, -0.2) is 16.1 Å². The van der Waals surface area contributed by atoms with Crippen molar-refractivity contribution in [3.05, 3.63) is 131 Å². The van der Waals surface area contributed by atoms with E-state index in [1.807, 2.05) is 78.9 Å². The van der Waals surface area contributed by atoms with E-state index in [9.17, 15) is 15.0 Å². The van der Waals surface area contributed by atoms with Crippen LogP contribution in [0.3, 0.4) is 0 Å². The quantitative estimate of drug-likeness (QED) is 0.267. The number of para-hydroxylation sites is 1. The van der Waals surface area contributed by atoms with Gasteiger partial charge in [-0.25, -0.2) is 0 Å². The third-order valence-corrected chi connectivity index (χ3v) is 5.21. The molecule has 0 aliphatic carbocycles.